The van der Waals surface area contributed by atoms with Crippen molar-refractivity contribution in [3.63, 3.8) is 0 Å². The van der Waals surface area contributed by atoms with Crippen molar-refractivity contribution in [2.75, 3.05) is 26.8 Å². The van der Waals surface area contributed by atoms with E-state index in [-0.39, 0.29) is 5.54 Å². The van der Waals surface area contributed by atoms with Crippen LogP contribution in [-0.4, -0.2) is 43.3 Å². The topological polar surface area (TPSA) is 38.5 Å². The number of hydrogen-bond donors (Lipinski definition) is 1. The number of ether oxygens (including phenoxy) is 1. The molecular formula is C15H30N2O. The summed E-state index contributed by atoms with van der Waals surface area (Å²) in [6.07, 6.45) is 6.74. The summed E-state index contributed by atoms with van der Waals surface area (Å²) in [4.78, 5) is 2.70. The van der Waals surface area contributed by atoms with Crippen molar-refractivity contribution in [3.05, 3.63) is 0 Å². The first-order valence-electron chi connectivity index (χ1n) is 7.61. The van der Waals surface area contributed by atoms with Crippen LogP contribution < -0.4 is 5.73 Å². The van der Waals surface area contributed by atoms with Crippen LogP contribution in [0.1, 0.15) is 46.0 Å². The molecule has 0 saturated heterocycles. The Morgan fingerprint density at radius 3 is 2.56 bits per heavy atom. The predicted molar refractivity (Wildman–Crippen MR) is 75.6 cm³/mol. The van der Waals surface area contributed by atoms with Gasteiger partial charge in [0.1, 0.15) is 0 Å². The molecule has 0 bridgehead atoms. The molecule has 0 aromatic carbocycles. The summed E-state index contributed by atoms with van der Waals surface area (Å²) in [5, 5.41) is 0. The van der Waals surface area contributed by atoms with E-state index in [1.165, 1.54) is 32.1 Å². The quantitative estimate of drug-likeness (QED) is 0.757. The highest BCUT2D eigenvalue weighted by molar-refractivity contribution is 5.03. The molecule has 2 fully saturated rings. The Balaban J connectivity index is 2.14. The van der Waals surface area contributed by atoms with Crippen molar-refractivity contribution in [1.82, 2.24) is 4.90 Å². The summed E-state index contributed by atoms with van der Waals surface area (Å²) in [6, 6.07) is 0.671. The zero-order valence-electron chi connectivity index (χ0n) is 12.3. The summed E-state index contributed by atoms with van der Waals surface area (Å²) >= 11 is 0. The average molecular weight is 254 g/mol. The van der Waals surface area contributed by atoms with Crippen molar-refractivity contribution in [1.29, 1.82) is 0 Å². The molecule has 2 rings (SSSR count). The maximum Gasteiger partial charge on any atom is 0.0590 e. The second kappa shape index (κ2) is 5.89. The maximum absolute atomic E-state index is 6.21. The van der Waals surface area contributed by atoms with Crippen LogP contribution in [0.5, 0.6) is 0 Å². The van der Waals surface area contributed by atoms with Gasteiger partial charge in [-0.1, -0.05) is 13.3 Å². The van der Waals surface area contributed by atoms with Crippen LogP contribution in [0.2, 0.25) is 0 Å². The fourth-order valence-corrected chi connectivity index (χ4v) is 3.93. The van der Waals surface area contributed by atoms with Gasteiger partial charge in [-0.2, -0.15) is 0 Å². The largest absolute Gasteiger partial charge is 0.383 e. The molecule has 2 saturated carbocycles. The van der Waals surface area contributed by atoms with Crippen molar-refractivity contribution < 1.29 is 4.74 Å². The molecule has 0 spiro atoms. The molecule has 18 heavy (non-hydrogen) atoms. The Kier molecular flexibility index (Phi) is 4.68. The van der Waals surface area contributed by atoms with Crippen molar-refractivity contribution >= 4 is 0 Å². The third-order valence-electron chi connectivity index (χ3n) is 5.42. The highest BCUT2D eigenvalue weighted by atomic mass is 16.5. The van der Waals surface area contributed by atoms with Gasteiger partial charge < -0.3 is 10.5 Å². The molecule has 3 nitrogen and oxygen atoms in total. The highest BCUT2D eigenvalue weighted by Crippen LogP contribution is 2.44. The molecule has 3 unspecified atom stereocenters. The molecule has 0 aromatic heterocycles. The van der Waals surface area contributed by atoms with E-state index in [1.807, 2.05) is 0 Å². The van der Waals surface area contributed by atoms with Gasteiger partial charge in [0.15, 0.2) is 0 Å². The fourth-order valence-electron chi connectivity index (χ4n) is 3.93. The number of rotatable bonds is 7. The predicted octanol–water partition coefficient (Wildman–Crippen LogP) is 2.25. The summed E-state index contributed by atoms with van der Waals surface area (Å²) < 4.78 is 5.32. The first-order chi connectivity index (χ1) is 8.65. The average Bonchev–Trinajstić information content (AvgIpc) is 3.15. The van der Waals surface area contributed by atoms with Gasteiger partial charge in [-0.15, -0.1) is 0 Å². The lowest BCUT2D eigenvalue weighted by Crippen LogP contribution is -2.60. The molecule has 0 amide bonds. The van der Waals surface area contributed by atoms with E-state index < -0.39 is 0 Å². The summed E-state index contributed by atoms with van der Waals surface area (Å²) in [5.74, 6) is 1.62. The molecule has 3 atom stereocenters. The van der Waals surface area contributed by atoms with Gasteiger partial charge >= 0.3 is 0 Å². The Hall–Kier alpha value is -0.120. The van der Waals surface area contributed by atoms with Gasteiger partial charge in [-0.25, -0.2) is 0 Å². The minimum Gasteiger partial charge on any atom is -0.383 e. The number of nitrogens with zero attached hydrogens (tertiary/aromatic N) is 1. The normalized spacial score (nSPS) is 34.2. The molecule has 2 aliphatic carbocycles. The maximum atomic E-state index is 6.21. The van der Waals surface area contributed by atoms with Crippen LogP contribution >= 0.6 is 0 Å². The number of nitrogens with two attached hydrogens (primary N) is 1. The lowest BCUT2D eigenvalue weighted by atomic mass is 9.84. The monoisotopic (exact) mass is 254 g/mol. The van der Waals surface area contributed by atoms with Crippen molar-refractivity contribution in [2.45, 2.75) is 57.5 Å². The second-order valence-corrected chi connectivity index (χ2v) is 6.37. The number of methoxy groups -OCH3 is 1. The van der Waals surface area contributed by atoms with Gasteiger partial charge in [0.05, 0.1) is 6.61 Å². The fraction of sp³-hybridized carbons (Fsp3) is 1.00. The van der Waals surface area contributed by atoms with Gasteiger partial charge in [-0.05, 0) is 44.4 Å². The minimum atomic E-state index is 0.237. The lowest BCUT2D eigenvalue weighted by Gasteiger charge is -2.47. The van der Waals surface area contributed by atoms with Crippen LogP contribution in [0.4, 0.5) is 0 Å². The van der Waals surface area contributed by atoms with E-state index in [9.17, 15) is 0 Å². The lowest BCUT2D eigenvalue weighted by molar-refractivity contribution is 0.00154. The smallest absolute Gasteiger partial charge is 0.0590 e. The molecule has 3 heteroatoms. The Labute approximate surface area is 112 Å². The van der Waals surface area contributed by atoms with Gasteiger partial charge in [-0.3, -0.25) is 4.90 Å². The third kappa shape index (κ3) is 2.59. The van der Waals surface area contributed by atoms with E-state index in [4.69, 9.17) is 10.5 Å². The molecule has 0 radical (unpaired) electrons. The Bertz CT molecular complexity index is 267. The van der Waals surface area contributed by atoms with Crippen LogP contribution in [0.3, 0.4) is 0 Å². The molecule has 0 heterocycles. The summed E-state index contributed by atoms with van der Waals surface area (Å²) in [7, 11) is 1.80. The third-order valence-corrected chi connectivity index (χ3v) is 5.42. The van der Waals surface area contributed by atoms with E-state index >= 15 is 0 Å². The van der Waals surface area contributed by atoms with E-state index in [0.29, 0.717) is 6.04 Å². The van der Waals surface area contributed by atoms with Crippen molar-refractivity contribution in [2.24, 2.45) is 17.6 Å². The zero-order valence-corrected chi connectivity index (χ0v) is 12.3. The molecule has 2 aliphatic rings. The van der Waals surface area contributed by atoms with Gasteiger partial charge in [0.2, 0.25) is 0 Å². The van der Waals surface area contributed by atoms with Crippen LogP contribution in [0, 0.1) is 11.8 Å². The molecule has 0 aliphatic heterocycles. The highest BCUT2D eigenvalue weighted by Gasteiger charge is 2.47. The van der Waals surface area contributed by atoms with E-state index in [1.54, 1.807) is 7.11 Å². The first kappa shape index (κ1) is 14.3. The van der Waals surface area contributed by atoms with Crippen LogP contribution in [-0.2, 0) is 4.74 Å². The molecule has 2 N–H and O–H groups in total. The van der Waals surface area contributed by atoms with E-state index in [0.717, 1.165) is 31.5 Å². The van der Waals surface area contributed by atoms with Crippen LogP contribution in [0.25, 0.3) is 0 Å². The van der Waals surface area contributed by atoms with Crippen molar-refractivity contribution in [3.8, 4) is 0 Å². The number of hydrogen-bond acceptors (Lipinski definition) is 3. The SMILES string of the molecule is COCCN(C(C)C1CC1)C1(CN)CCCC1C. The molecule has 106 valence electrons. The Morgan fingerprint density at radius 2 is 2.11 bits per heavy atom. The second-order valence-electron chi connectivity index (χ2n) is 6.37. The summed E-state index contributed by atoms with van der Waals surface area (Å²) in [5.41, 5.74) is 6.44. The molecular weight excluding hydrogens is 224 g/mol. The first-order valence-corrected chi connectivity index (χ1v) is 7.61. The van der Waals surface area contributed by atoms with Crippen LogP contribution in [0.15, 0.2) is 0 Å². The Morgan fingerprint density at radius 1 is 1.39 bits per heavy atom. The summed E-state index contributed by atoms with van der Waals surface area (Å²) in [6.45, 7) is 7.45. The zero-order chi connectivity index (χ0) is 13.2. The molecule has 0 aromatic rings. The van der Waals surface area contributed by atoms with Gasteiger partial charge in [0.25, 0.3) is 0 Å². The van der Waals surface area contributed by atoms with Gasteiger partial charge in [0, 0.05) is 31.8 Å². The minimum absolute atomic E-state index is 0.237. The standard InChI is InChI=1S/C15H30N2O/c1-12-5-4-8-15(12,11-16)17(9-10-18-3)13(2)14-6-7-14/h12-14H,4-11,16H2,1-3H3. The van der Waals surface area contributed by atoms with E-state index in [2.05, 4.69) is 18.7 Å².